The SMILES string of the molecule is CC[C@H](Oc1cccc(C)c1C)C(=O)Nc1cc(OC)c(Cl)cc1OC. The van der Waals surface area contributed by atoms with Crippen LogP contribution in [0.2, 0.25) is 5.02 Å². The maximum atomic E-state index is 12.7. The quantitative estimate of drug-likeness (QED) is 0.755. The molecular formula is C20H24ClNO4. The molecule has 0 saturated carbocycles. The Morgan fingerprint density at radius 3 is 2.42 bits per heavy atom. The smallest absolute Gasteiger partial charge is 0.265 e. The fraction of sp³-hybridized carbons (Fsp3) is 0.350. The highest BCUT2D eigenvalue weighted by atomic mass is 35.5. The predicted molar refractivity (Wildman–Crippen MR) is 104 cm³/mol. The number of anilines is 1. The van der Waals surface area contributed by atoms with Gasteiger partial charge >= 0.3 is 0 Å². The second kappa shape index (κ2) is 8.81. The topological polar surface area (TPSA) is 56.8 Å². The average Bonchev–Trinajstić information content (AvgIpc) is 2.63. The third-order valence-electron chi connectivity index (χ3n) is 4.22. The van der Waals surface area contributed by atoms with Crippen molar-refractivity contribution in [2.45, 2.75) is 33.3 Å². The average molecular weight is 378 g/mol. The number of ether oxygens (including phenoxy) is 3. The molecule has 0 unspecified atom stereocenters. The van der Waals surface area contributed by atoms with Crippen molar-refractivity contribution in [3.8, 4) is 17.2 Å². The summed E-state index contributed by atoms with van der Waals surface area (Å²) in [5.41, 5.74) is 2.60. The molecule has 0 saturated heterocycles. The van der Waals surface area contributed by atoms with Crippen LogP contribution in [0.1, 0.15) is 24.5 Å². The number of hydrogen-bond acceptors (Lipinski definition) is 4. The van der Waals surface area contributed by atoms with Gasteiger partial charge < -0.3 is 19.5 Å². The first-order valence-corrected chi connectivity index (χ1v) is 8.74. The van der Waals surface area contributed by atoms with Crippen LogP contribution in [0.4, 0.5) is 5.69 Å². The van der Waals surface area contributed by atoms with Crippen LogP contribution in [0, 0.1) is 13.8 Å². The number of methoxy groups -OCH3 is 2. The Labute approximate surface area is 159 Å². The Bertz CT molecular complexity index is 792. The van der Waals surface area contributed by atoms with Gasteiger partial charge in [-0.15, -0.1) is 0 Å². The predicted octanol–water partition coefficient (Wildman–Crippen LogP) is 4.77. The Morgan fingerprint density at radius 1 is 1.12 bits per heavy atom. The van der Waals surface area contributed by atoms with Crippen LogP contribution in [-0.2, 0) is 4.79 Å². The molecule has 2 rings (SSSR count). The molecule has 0 aliphatic heterocycles. The van der Waals surface area contributed by atoms with E-state index in [4.69, 9.17) is 25.8 Å². The lowest BCUT2D eigenvalue weighted by Crippen LogP contribution is -2.32. The number of nitrogens with one attached hydrogen (secondary N) is 1. The van der Waals surface area contributed by atoms with E-state index in [-0.39, 0.29) is 5.91 Å². The molecule has 2 aromatic rings. The molecule has 0 spiro atoms. The number of benzene rings is 2. The number of aryl methyl sites for hydroxylation is 1. The van der Waals surface area contributed by atoms with E-state index in [0.717, 1.165) is 11.1 Å². The van der Waals surface area contributed by atoms with Crippen LogP contribution >= 0.6 is 11.6 Å². The third-order valence-corrected chi connectivity index (χ3v) is 4.51. The van der Waals surface area contributed by atoms with Gasteiger partial charge in [-0.3, -0.25) is 4.79 Å². The zero-order chi connectivity index (χ0) is 19.3. The maximum Gasteiger partial charge on any atom is 0.265 e. The summed E-state index contributed by atoms with van der Waals surface area (Å²) in [6.45, 7) is 5.88. The van der Waals surface area contributed by atoms with Crippen molar-refractivity contribution >= 4 is 23.2 Å². The molecule has 1 atom stereocenters. The molecule has 0 fully saturated rings. The van der Waals surface area contributed by atoms with Gasteiger partial charge in [-0.25, -0.2) is 0 Å². The lowest BCUT2D eigenvalue weighted by molar-refractivity contribution is -0.122. The number of hydrogen-bond donors (Lipinski definition) is 1. The lowest BCUT2D eigenvalue weighted by Gasteiger charge is -2.20. The van der Waals surface area contributed by atoms with Crippen molar-refractivity contribution in [1.82, 2.24) is 0 Å². The van der Waals surface area contributed by atoms with Crippen molar-refractivity contribution in [2.75, 3.05) is 19.5 Å². The van der Waals surface area contributed by atoms with Crippen LogP contribution in [0.3, 0.4) is 0 Å². The molecular weight excluding hydrogens is 354 g/mol. The molecule has 2 aromatic carbocycles. The van der Waals surface area contributed by atoms with E-state index in [1.807, 2.05) is 39.0 Å². The molecule has 1 amide bonds. The van der Waals surface area contributed by atoms with Crippen molar-refractivity contribution < 1.29 is 19.0 Å². The van der Waals surface area contributed by atoms with Crippen LogP contribution < -0.4 is 19.5 Å². The summed E-state index contributed by atoms with van der Waals surface area (Å²) in [6, 6.07) is 9.01. The van der Waals surface area contributed by atoms with E-state index in [2.05, 4.69) is 5.32 Å². The molecule has 140 valence electrons. The highest BCUT2D eigenvalue weighted by Gasteiger charge is 2.22. The van der Waals surface area contributed by atoms with Gasteiger partial charge in [0.2, 0.25) is 0 Å². The van der Waals surface area contributed by atoms with Gasteiger partial charge in [-0.05, 0) is 37.5 Å². The second-order valence-electron chi connectivity index (χ2n) is 5.89. The highest BCUT2D eigenvalue weighted by Crippen LogP contribution is 2.36. The highest BCUT2D eigenvalue weighted by molar-refractivity contribution is 6.32. The standard InChI is InChI=1S/C20H24ClNO4/c1-6-16(26-17-9-7-8-12(2)13(17)3)20(23)22-15-11-18(24-4)14(21)10-19(15)25-5/h7-11,16H,6H2,1-5H3,(H,22,23)/t16-/m0/s1. The largest absolute Gasteiger partial charge is 0.495 e. The minimum atomic E-state index is -0.637. The summed E-state index contributed by atoms with van der Waals surface area (Å²) < 4.78 is 16.5. The monoisotopic (exact) mass is 377 g/mol. The minimum Gasteiger partial charge on any atom is -0.495 e. The Balaban J connectivity index is 2.23. The molecule has 5 nitrogen and oxygen atoms in total. The number of halogens is 1. The first-order chi connectivity index (χ1) is 12.4. The first-order valence-electron chi connectivity index (χ1n) is 8.36. The summed E-state index contributed by atoms with van der Waals surface area (Å²) in [5, 5.41) is 3.24. The van der Waals surface area contributed by atoms with Crippen LogP contribution in [0.25, 0.3) is 0 Å². The summed E-state index contributed by atoms with van der Waals surface area (Å²) in [7, 11) is 3.02. The molecule has 6 heteroatoms. The fourth-order valence-corrected chi connectivity index (χ4v) is 2.73. The van der Waals surface area contributed by atoms with E-state index < -0.39 is 6.10 Å². The molecule has 1 N–H and O–H groups in total. The minimum absolute atomic E-state index is 0.268. The number of rotatable bonds is 7. The number of carbonyl (C=O) groups excluding carboxylic acids is 1. The normalized spacial score (nSPS) is 11.6. The summed E-state index contributed by atoms with van der Waals surface area (Å²) in [4.78, 5) is 12.7. The van der Waals surface area contributed by atoms with Crippen molar-refractivity contribution in [3.05, 3.63) is 46.5 Å². The second-order valence-corrected chi connectivity index (χ2v) is 6.30. The number of amides is 1. The summed E-state index contributed by atoms with van der Waals surface area (Å²) >= 11 is 6.10. The van der Waals surface area contributed by atoms with E-state index >= 15 is 0 Å². The Morgan fingerprint density at radius 2 is 1.81 bits per heavy atom. The van der Waals surface area contributed by atoms with Crippen molar-refractivity contribution in [2.24, 2.45) is 0 Å². The van der Waals surface area contributed by atoms with E-state index in [0.29, 0.717) is 34.4 Å². The van der Waals surface area contributed by atoms with Gasteiger partial charge in [0.15, 0.2) is 6.10 Å². The fourth-order valence-electron chi connectivity index (χ4n) is 2.50. The van der Waals surface area contributed by atoms with Crippen molar-refractivity contribution in [1.29, 1.82) is 0 Å². The van der Waals surface area contributed by atoms with Gasteiger partial charge in [0, 0.05) is 12.1 Å². The maximum absolute atomic E-state index is 12.7. The van der Waals surface area contributed by atoms with Crippen LogP contribution in [0.5, 0.6) is 17.2 Å². The van der Waals surface area contributed by atoms with Gasteiger partial charge in [0.05, 0.1) is 24.9 Å². The molecule has 0 aliphatic carbocycles. The van der Waals surface area contributed by atoms with Gasteiger partial charge in [-0.2, -0.15) is 0 Å². The van der Waals surface area contributed by atoms with Crippen molar-refractivity contribution in [3.63, 3.8) is 0 Å². The van der Waals surface area contributed by atoms with Gasteiger partial charge in [0.25, 0.3) is 5.91 Å². The van der Waals surface area contributed by atoms with Crippen LogP contribution in [0.15, 0.2) is 30.3 Å². The third kappa shape index (κ3) is 4.41. The van der Waals surface area contributed by atoms with Gasteiger partial charge in [-0.1, -0.05) is 30.7 Å². The molecule has 0 bridgehead atoms. The Kier molecular flexibility index (Phi) is 6.75. The summed E-state index contributed by atoms with van der Waals surface area (Å²) in [5.74, 6) is 1.33. The molecule has 0 radical (unpaired) electrons. The molecule has 0 aliphatic rings. The summed E-state index contributed by atoms with van der Waals surface area (Å²) in [6.07, 6.45) is -0.117. The molecule has 26 heavy (non-hydrogen) atoms. The van der Waals surface area contributed by atoms with E-state index in [1.54, 1.807) is 12.1 Å². The Hall–Kier alpha value is -2.40. The molecule has 0 heterocycles. The zero-order valence-corrected chi connectivity index (χ0v) is 16.4. The molecule has 0 aromatic heterocycles. The first kappa shape index (κ1) is 19.9. The van der Waals surface area contributed by atoms with E-state index in [1.165, 1.54) is 14.2 Å². The van der Waals surface area contributed by atoms with Crippen LogP contribution in [-0.4, -0.2) is 26.2 Å². The zero-order valence-electron chi connectivity index (χ0n) is 15.7. The number of carbonyl (C=O) groups is 1. The lowest BCUT2D eigenvalue weighted by atomic mass is 10.1. The van der Waals surface area contributed by atoms with Gasteiger partial charge in [0.1, 0.15) is 17.2 Å². The van der Waals surface area contributed by atoms with E-state index in [9.17, 15) is 4.79 Å².